The summed E-state index contributed by atoms with van der Waals surface area (Å²) in [5.74, 6) is -0.470. The van der Waals surface area contributed by atoms with Crippen LogP contribution in [0.4, 0.5) is 4.39 Å². The van der Waals surface area contributed by atoms with Gasteiger partial charge in [0.05, 0.1) is 13.1 Å². The molecule has 0 unspecified atom stereocenters. The van der Waals surface area contributed by atoms with Crippen molar-refractivity contribution in [3.63, 3.8) is 0 Å². The Hall–Kier alpha value is -1.76. The van der Waals surface area contributed by atoms with Crippen molar-refractivity contribution in [3.05, 3.63) is 58.0 Å². The van der Waals surface area contributed by atoms with Gasteiger partial charge in [-0.2, -0.15) is 0 Å². The Morgan fingerprint density at radius 1 is 1.19 bits per heavy atom. The summed E-state index contributed by atoms with van der Waals surface area (Å²) in [5.41, 5.74) is 0.437. The molecule has 0 bridgehead atoms. The zero-order valence-electron chi connectivity index (χ0n) is 14.3. The normalized spacial score (nSPS) is 15.3. The second kappa shape index (κ2) is 9.80. The maximum absolute atomic E-state index is 13.3. The van der Waals surface area contributed by atoms with Gasteiger partial charge < -0.3 is 5.32 Å². The van der Waals surface area contributed by atoms with Gasteiger partial charge in [0.1, 0.15) is 5.82 Å². The Morgan fingerprint density at radius 2 is 1.96 bits per heavy atom. The Labute approximate surface area is 162 Å². The highest BCUT2D eigenvalue weighted by Gasteiger charge is 2.26. The number of likely N-dealkylation sites (tertiary alicyclic amines) is 1. The smallest absolute Gasteiger partial charge is 0.234 e. The van der Waals surface area contributed by atoms with Crippen LogP contribution in [0.1, 0.15) is 28.1 Å². The maximum Gasteiger partial charge on any atom is 0.234 e. The van der Waals surface area contributed by atoms with E-state index in [2.05, 4.69) is 10.2 Å². The average Bonchev–Trinajstić information content (AvgIpc) is 3.14. The molecule has 2 aromatic rings. The number of thiophene rings is 1. The molecule has 1 aromatic heterocycles. The van der Waals surface area contributed by atoms with Gasteiger partial charge in [0, 0.05) is 16.4 Å². The molecular formula is C19H22ClFN2O2S. The first kappa shape index (κ1) is 20.6. The molecule has 0 atom stereocenters. The maximum atomic E-state index is 13.3. The quantitative estimate of drug-likeness (QED) is 0.760. The molecule has 0 saturated carbocycles. The van der Waals surface area contributed by atoms with Crippen molar-refractivity contribution in [3.8, 4) is 0 Å². The molecule has 1 amide bonds. The number of amides is 1. The van der Waals surface area contributed by atoms with E-state index in [9.17, 15) is 14.0 Å². The average molecular weight is 397 g/mol. The van der Waals surface area contributed by atoms with Crippen LogP contribution in [0.2, 0.25) is 0 Å². The summed E-state index contributed by atoms with van der Waals surface area (Å²) in [6.45, 7) is 2.33. The summed E-state index contributed by atoms with van der Waals surface area (Å²) in [5, 5.41) is 4.91. The van der Waals surface area contributed by atoms with E-state index in [1.165, 1.54) is 12.1 Å². The van der Waals surface area contributed by atoms with Gasteiger partial charge in [-0.3, -0.25) is 14.5 Å². The van der Waals surface area contributed by atoms with Crippen molar-refractivity contribution in [1.82, 2.24) is 10.2 Å². The first-order valence-electron chi connectivity index (χ1n) is 8.43. The lowest BCUT2D eigenvalue weighted by atomic mass is 9.89. The summed E-state index contributed by atoms with van der Waals surface area (Å²) in [6, 6.07) is 9.83. The Morgan fingerprint density at radius 3 is 2.62 bits per heavy atom. The third kappa shape index (κ3) is 5.62. The van der Waals surface area contributed by atoms with E-state index in [1.54, 1.807) is 23.5 Å². The number of ketones is 1. The number of piperidine rings is 1. The molecule has 1 fully saturated rings. The fourth-order valence-corrected chi connectivity index (χ4v) is 3.73. The molecule has 4 nitrogen and oxygen atoms in total. The van der Waals surface area contributed by atoms with Gasteiger partial charge in [0.2, 0.25) is 5.91 Å². The van der Waals surface area contributed by atoms with Gasteiger partial charge in [-0.05, 0) is 49.5 Å². The molecule has 1 N–H and O–H groups in total. The molecule has 0 spiro atoms. The van der Waals surface area contributed by atoms with Crippen LogP contribution in [-0.4, -0.2) is 36.2 Å². The molecular weight excluding hydrogens is 375 g/mol. The molecule has 1 saturated heterocycles. The van der Waals surface area contributed by atoms with E-state index in [4.69, 9.17) is 0 Å². The topological polar surface area (TPSA) is 49.4 Å². The van der Waals surface area contributed by atoms with E-state index >= 15 is 0 Å². The fourth-order valence-electron chi connectivity index (χ4n) is 3.09. The summed E-state index contributed by atoms with van der Waals surface area (Å²) in [6.07, 6.45) is 1.40. The van der Waals surface area contributed by atoms with Crippen molar-refractivity contribution in [1.29, 1.82) is 0 Å². The minimum Gasteiger partial charge on any atom is -0.350 e. The van der Waals surface area contributed by atoms with E-state index in [-0.39, 0.29) is 35.8 Å². The Bertz CT molecular complexity index is 731. The second-order valence-corrected chi connectivity index (χ2v) is 7.31. The number of benzene rings is 1. The van der Waals surface area contributed by atoms with Gasteiger partial charge in [-0.15, -0.1) is 23.7 Å². The van der Waals surface area contributed by atoms with Gasteiger partial charge >= 0.3 is 0 Å². The number of carbonyl (C=O) groups excluding carboxylic acids is 2. The van der Waals surface area contributed by atoms with Gasteiger partial charge in [-0.25, -0.2) is 4.39 Å². The van der Waals surface area contributed by atoms with Crippen LogP contribution in [0.15, 0.2) is 41.8 Å². The highest BCUT2D eigenvalue weighted by molar-refractivity contribution is 7.09. The summed E-state index contributed by atoms with van der Waals surface area (Å²) >= 11 is 1.62. The van der Waals surface area contributed by atoms with Crippen LogP contribution in [0.25, 0.3) is 0 Å². The monoisotopic (exact) mass is 396 g/mol. The number of carbonyl (C=O) groups is 2. The molecule has 1 aliphatic rings. The number of hydrogen-bond acceptors (Lipinski definition) is 4. The van der Waals surface area contributed by atoms with E-state index in [0.717, 1.165) is 4.88 Å². The lowest BCUT2D eigenvalue weighted by Gasteiger charge is -2.30. The minimum atomic E-state index is -0.384. The number of nitrogens with one attached hydrogen (secondary N) is 1. The molecule has 1 aliphatic heterocycles. The van der Waals surface area contributed by atoms with Gasteiger partial charge in [0.15, 0.2) is 5.78 Å². The zero-order chi connectivity index (χ0) is 17.6. The highest BCUT2D eigenvalue weighted by atomic mass is 35.5. The van der Waals surface area contributed by atoms with E-state index < -0.39 is 0 Å². The number of halogens is 2. The van der Waals surface area contributed by atoms with E-state index in [1.807, 2.05) is 17.5 Å². The lowest BCUT2D eigenvalue weighted by molar-refractivity contribution is -0.122. The van der Waals surface area contributed by atoms with Crippen molar-refractivity contribution in [2.75, 3.05) is 19.6 Å². The molecule has 0 radical (unpaired) electrons. The number of Topliss-reactive ketones (excluding diaryl/α,β-unsaturated/α-hetero) is 1. The predicted molar refractivity (Wildman–Crippen MR) is 103 cm³/mol. The third-order valence-electron chi connectivity index (χ3n) is 4.47. The summed E-state index contributed by atoms with van der Waals surface area (Å²) in [7, 11) is 0. The third-order valence-corrected chi connectivity index (χ3v) is 5.35. The lowest BCUT2D eigenvalue weighted by Crippen LogP contribution is -2.42. The molecule has 2 heterocycles. The van der Waals surface area contributed by atoms with Gasteiger partial charge in [0.25, 0.3) is 0 Å². The Kier molecular flexibility index (Phi) is 7.75. The second-order valence-electron chi connectivity index (χ2n) is 6.28. The van der Waals surface area contributed by atoms with Crippen LogP contribution in [-0.2, 0) is 11.3 Å². The molecule has 26 heavy (non-hydrogen) atoms. The summed E-state index contributed by atoms with van der Waals surface area (Å²) in [4.78, 5) is 27.7. The molecule has 140 valence electrons. The highest BCUT2D eigenvalue weighted by Crippen LogP contribution is 2.22. The first-order chi connectivity index (χ1) is 12.1. The predicted octanol–water partition coefficient (Wildman–Crippen LogP) is 3.52. The largest absolute Gasteiger partial charge is 0.350 e. The van der Waals surface area contributed by atoms with Crippen molar-refractivity contribution in [2.45, 2.75) is 19.4 Å². The number of hydrogen-bond donors (Lipinski definition) is 1. The molecule has 1 aromatic carbocycles. The molecule has 0 aliphatic carbocycles. The number of nitrogens with zero attached hydrogens (tertiary/aromatic N) is 1. The summed E-state index contributed by atoms with van der Waals surface area (Å²) < 4.78 is 13.3. The van der Waals surface area contributed by atoms with Gasteiger partial charge in [-0.1, -0.05) is 18.2 Å². The van der Waals surface area contributed by atoms with Crippen molar-refractivity contribution < 1.29 is 14.0 Å². The van der Waals surface area contributed by atoms with Crippen LogP contribution in [0.3, 0.4) is 0 Å². The van der Waals surface area contributed by atoms with Crippen LogP contribution < -0.4 is 5.32 Å². The van der Waals surface area contributed by atoms with Crippen LogP contribution in [0, 0.1) is 11.7 Å². The van der Waals surface area contributed by atoms with Crippen molar-refractivity contribution >= 4 is 35.4 Å². The minimum absolute atomic E-state index is 0. The SMILES string of the molecule is Cl.O=C(CN1CCC(C(=O)c2cccc(F)c2)CC1)NCc1cccs1. The molecule has 3 rings (SSSR count). The zero-order valence-corrected chi connectivity index (χ0v) is 16.0. The number of rotatable bonds is 6. The van der Waals surface area contributed by atoms with Crippen molar-refractivity contribution in [2.24, 2.45) is 5.92 Å². The van der Waals surface area contributed by atoms with Crippen LogP contribution in [0.5, 0.6) is 0 Å². The van der Waals surface area contributed by atoms with E-state index in [0.29, 0.717) is 44.6 Å². The van der Waals surface area contributed by atoms with Crippen LogP contribution >= 0.6 is 23.7 Å². The Balaban J connectivity index is 0.00000243. The standard InChI is InChI=1S/C19H21FN2O2S.ClH/c20-16-4-1-3-15(11-16)19(24)14-6-8-22(9-7-14)13-18(23)21-12-17-5-2-10-25-17;/h1-5,10-11,14H,6-9,12-13H2,(H,21,23);1H. The first-order valence-corrected chi connectivity index (χ1v) is 9.31. The molecule has 7 heteroatoms. The fraction of sp³-hybridized carbons (Fsp3) is 0.368.